The molecule has 2 atom stereocenters. The van der Waals surface area contributed by atoms with E-state index in [9.17, 15) is 34.2 Å². The normalized spacial score (nSPS) is 16.1. The second kappa shape index (κ2) is 21.0. The van der Waals surface area contributed by atoms with Gasteiger partial charge in [-0.1, -0.05) is 24.3 Å². The number of H-pyrrole nitrogens is 2. The number of aromatic hydroxyl groups is 2. The molecular formula is C49H55ClN6O10. The fourth-order valence-electron chi connectivity index (χ4n) is 8.31. The number of phenols is 2. The van der Waals surface area contributed by atoms with Crippen LogP contribution in [-0.4, -0.2) is 98.1 Å². The maximum atomic E-state index is 12.8. The lowest BCUT2D eigenvalue weighted by Crippen LogP contribution is -2.42. The highest BCUT2D eigenvalue weighted by molar-refractivity contribution is 5.96. The highest BCUT2D eigenvalue weighted by Gasteiger charge is 2.31. The molecule has 16 nitrogen and oxygen atoms in total. The maximum Gasteiger partial charge on any atom is 0.410 e. The molecule has 2 fully saturated rings. The van der Waals surface area contributed by atoms with E-state index in [1.165, 1.54) is 6.07 Å². The Bertz CT molecular complexity index is 2870. The van der Waals surface area contributed by atoms with Crippen LogP contribution in [0.3, 0.4) is 0 Å². The molecule has 17 heteroatoms. The SMILES string of the molecule is CCOC(=O)c1cc2c(C3CCCN(C(=O)OC(C)(C)C)C3)cc(-c3ccccc3O)nc2[nH]c1=O.CCOC(=O)c1cc2c(C3CCCNC3)cc(-c3ccccc3O)nc2[nH]c1=O.Cl. The number of hydrogen-bond donors (Lipinski definition) is 5. The third-order valence-corrected chi connectivity index (χ3v) is 11.3. The van der Waals surface area contributed by atoms with Gasteiger partial charge in [0, 0.05) is 47.5 Å². The number of aromatic amines is 2. The van der Waals surface area contributed by atoms with Gasteiger partial charge in [-0.15, -0.1) is 12.4 Å². The van der Waals surface area contributed by atoms with E-state index >= 15 is 0 Å². The van der Waals surface area contributed by atoms with Gasteiger partial charge in [-0.05, 0) is 132 Å². The van der Waals surface area contributed by atoms with Crippen molar-refractivity contribution in [2.24, 2.45) is 0 Å². The Hall–Kier alpha value is -6.78. The molecule has 5 N–H and O–H groups in total. The van der Waals surface area contributed by atoms with E-state index in [-0.39, 0.29) is 71.8 Å². The number of carbonyl (C=O) groups is 3. The van der Waals surface area contributed by atoms with E-state index in [1.807, 2.05) is 39.0 Å². The molecular weight excluding hydrogens is 868 g/mol. The van der Waals surface area contributed by atoms with Gasteiger partial charge in [-0.25, -0.2) is 24.4 Å². The van der Waals surface area contributed by atoms with Crippen molar-refractivity contribution >= 4 is 52.5 Å². The zero-order valence-electron chi connectivity index (χ0n) is 37.6. The average Bonchev–Trinajstić information content (AvgIpc) is 3.28. The van der Waals surface area contributed by atoms with Crippen LogP contribution in [0.4, 0.5) is 4.79 Å². The Balaban J connectivity index is 0.000000220. The topological polar surface area (TPSA) is 226 Å². The lowest BCUT2D eigenvalue weighted by Gasteiger charge is -2.34. The number of halogens is 1. The zero-order valence-corrected chi connectivity index (χ0v) is 38.4. The summed E-state index contributed by atoms with van der Waals surface area (Å²) >= 11 is 0. The predicted molar refractivity (Wildman–Crippen MR) is 253 cm³/mol. The van der Waals surface area contributed by atoms with Crippen LogP contribution in [0.1, 0.15) is 104 Å². The van der Waals surface area contributed by atoms with Crippen LogP contribution in [-0.2, 0) is 14.2 Å². The number of nitrogens with one attached hydrogen (secondary N) is 3. The highest BCUT2D eigenvalue weighted by Crippen LogP contribution is 2.38. The number of hydrogen-bond acceptors (Lipinski definition) is 13. The first-order valence-corrected chi connectivity index (χ1v) is 21.9. The molecule has 348 valence electrons. The van der Waals surface area contributed by atoms with Crippen LogP contribution < -0.4 is 16.4 Å². The number of piperidine rings is 2. The minimum atomic E-state index is -0.713. The number of phenolic OH excluding ortho intramolecular Hbond substituents is 2. The van der Waals surface area contributed by atoms with Crippen molar-refractivity contribution in [1.29, 1.82) is 0 Å². The van der Waals surface area contributed by atoms with Crippen molar-refractivity contribution < 1.29 is 38.8 Å². The molecule has 6 aromatic rings. The number of amides is 1. The third kappa shape index (κ3) is 11.0. The minimum absolute atomic E-state index is 0. The van der Waals surface area contributed by atoms with Crippen molar-refractivity contribution in [2.45, 2.75) is 77.7 Å². The molecule has 4 aromatic heterocycles. The zero-order chi connectivity index (χ0) is 46.4. The molecule has 0 saturated carbocycles. The number of aromatic nitrogens is 4. The van der Waals surface area contributed by atoms with Crippen molar-refractivity contribution in [3.63, 3.8) is 0 Å². The standard InChI is InChI=1S/C27H31N3O6.C22H23N3O4.ClH/c1-5-35-25(33)20-13-19-18(16-9-8-12-30(15-16)26(34)36-27(2,3)4)14-21(28-23(19)29-24(20)32)17-10-6-7-11-22(17)31;1-2-29-22(28)17-10-16-15(13-6-5-9-23-12-13)11-18(24-20(16)25-21(17)27)14-7-3-4-8-19(14)26;/h6-7,10-11,13-14,16,31H,5,8-9,12,15H2,1-4H3,(H,28,29,32);3-4,7-8,10-11,13,23,26H,2,5-6,9,12H2,1H3,(H,24,25,27);1H. The lowest BCUT2D eigenvalue weighted by molar-refractivity contribution is 0.0198. The highest BCUT2D eigenvalue weighted by atomic mass is 35.5. The van der Waals surface area contributed by atoms with Crippen LogP contribution in [0.15, 0.2) is 82.4 Å². The number of likely N-dealkylation sites (tertiary alicyclic amines) is 1. The van der Waals surface area contributed by atoms with Gasteiger partial charge >= 0.3 is 18.0 Å². The van der Waals surface area contributed by atoms with Gasteiger partial charge in [0.05, 0.1) is 24.6 Å². The van der Waals surface area contributed by atoms with E-state index in [0.29, 0.717) is 46.6 Å². The molecule has 8 rings (SSSR count). The first kappa shape index (κ1) is 48.7. The number of rotatable bonds is 8. The molecule has 0 spiro atoms. The monoisotopic (exact) mass is 922 g/mol. The van der Waals surface area contributed by atoms with Crippen LogP contribution >= 0.6 is 12.4 Å². The molecule has 2 aliphatic heterocycles. The van der Waals surface area contributed by atoms with Crippen LogP contribution in [0, 0.1) is 0 Å². The van der Waals surface area contributed by atoms with Gasteiger partial charge in [0.2, 0.25) is 0 Å². The Labute approximate surface area is 387 Å². The summed E-state index contributed by atoms with van der Waals surface area (Å²) in [7, 11) is 0. The molecule has 0 radical (unpaired) electrons. The number of benzene rings is 2. The van der Waals surface area contributed by atoms with E-state index in [0.717, 1.165) is 55.3 Å². The first-order chi connectivity index (χ1) is 31.1. The minimum Gasteiger partial charge on any atom is -0.507 e. The maximum absolute atomic E-state index is 12.8. The van der Waals surface area contributed by atoms with Gasteiger partial charge in [0.25, 0.3) is 11.1 Å². The third-order valence-electron chi connectivity index (χ3n) is 11.3. The average molecular weight is 923 g/mol. The number of ether oxygens (including phenoxy) is 3. The summed E-state index contributed by atoms with van der Waals surface area (Å²) < 4.78 is 15.7. The number of fused-ring (bicyclic) bond motifs is 2. The quantitative estimate of drug-likeness (QED) is 0.0723. The lowest BCUT2D eigenvalue weighted by atomic mass is 9.88. The van der Waals surface area contributed by atoms with Crippen molar-refractivity contribution in [2.75, 3.05) is 39.4 Å². The summed E-state index contributed by atoms with van der Waals surface area (Å²) in [6.45, 7) is 11.9. The van der Waals surface area contributed by atoms with E-state index in [2.05, 4.69) is 25.3 Å². The Morgan fingerprint density at radius 3 is 1.67 bits per heavy atom. The van der Waals surface area contributed by atoms with Gasteiger partial charge in [0.15, 0.2) is 0 Å². The first-order valence-electron chi connectivity index (χ1n) is 21.9. The molecule has 2 aromatic carbocycles. The molecule has 0 aliphatic carbocycles. The van der Waals surface area contributed by atoms with Crippen LogP contribution in [0.5, 0.6) is 11.5 Å². The van der Waals surface area contributed by atoms with E-state index < -0.39 is 28.7 Å². The van der Waals surface area contributed by atoms with Gasteiger partial charge in [-0.2, -0.15) is 0 Å². The second-order valence-electron chi connectivity index (χ2n) is 17.0. The second-order valence-corrected chi connectivity index (χ2v) is 17.0. The number of carbonyl (C=O) groups excluding carboxylic acids is 3. The molecule has 2 saturated heterocycles. The Kier molecular flexibility index (Phi) is 15.5. The summed E-state index contributed by atoms with van der Waals surface area (Å²) in [4.78, 5) is 79.0. The van der Waals surface area contributed by atoms with Gasteiger partial charge < -0.3 is 44.6 Å². The molecule has 2 unspecified atom stereocenters. The van der Waals surface area contributed by atoms with Crippen LogP contribution in [0.25, 0.3) is 44.6 Å². The number of para-hydroxylation sites is 2. The van der Waals surface area contributed by atoms with Crippen molar-refractivity contribution in [1.82, 2.24) is 30.2 Å². The number of nitrogens with zero attached hydrogens (tertiary/aromatic N) is 3. The van der Waals surface area contributed by atoms with Gasteiger partial charge in [0.1, 0.15) is 39.5 Å². The Morgan fingerprint density at radius 1 is 0.727 bits per heavy atom. The molecule has 6 heterocycles. The number of pyridine rings is 4. The molecule has 0 bridgehead atoms. The summed E-state index contributed by atoms with van der Waals surface area (Å²) in [6, 6.07) is 20.7. The summed E-state index contributed by atoms with van der Waals surface area (Å²) in [5, 5.41) is 25.4. The number of esters is 2. The predicted octanol–water partition coefficient (Wildman–Crippen LogP) is 7.95. The van der Waals surface area contributed by atoms with E-state index in [4.69, 9.17) is 14.2 Å². The fraction of sp³-hybridized carbons (Fsp3) is 0.367. The van der Waals surface area contributed by atoms with Crippen LogP contribution in [0.2, 0.25) is 0 Å². The largest absolute Gasteiger partial charge is 0.507 e. The Morgan fingerprint density at radius 2 is 1.21 bits per heavy atom. The molecule has 2 aliphatic rings. The fourth-order valence-corrected chi connectivity index (χ4v) is 8.31. The molecule has 1 amide bonds. The van der Waals surface area contributed by atoms with Crippen molar-refractivity contribution in [3.8, 4) is 34.0 Å². The van der Waals surface area contributed by atoms with Crippen molar-refractivity contribution in [3.05, 3.63) is 116 Å². The van der Waals surface area contributed by atoms with Gasteiger partial charge in [-0.3, -0.25) is 9.59 Å². The summed E-state index contributed by atoms with van der Waals surface area (Å²) in [5.41, 5.74) is 2.76. The van der Waals surface area contributed by atoms with E-state index in [1.54, 1.807) is 67.3 Å². The smallest absolute Gasteiger partial charge is 0.410 e. The molecule has 66 heavy (non-hydrogen) atoms. The summed E-state index contributed by atoms with van der Waals surface area (Å²) in [5.74, 6) is -1.08. The summed E-state index contributed by atoms with van der Waals surface area (Å²) in [6.07, 6.45) is 3.18.